The zero-order valence-corrected chi connectivity index (χ0v) is 12.9. The first-order valence-corrected chi connectivity index (χ1v) is 7.21. The van der Waals surface area contributed by atoms with Crippen molar-refractivity contribution in [1.82, 2.24) is 10.1 Å². The van der Waals surface area contributed by atoms with E-state index in [0.717, 1.165) is 5.56 Å². The quantitative estimate of drug-likeness (QED) is 0.427. The molecule has 130 valence electrons. The topological polar surface area (TPSA) is 94.2 Å². The third-order valence-electron chi connectivity index (χ3n) is 3.46. The van der Waals surface area contributed by atoms with Crippen molar-refractivity contribution in [3.05, 3.63) is 60.0 Å². The lowest BCUT2D eigenvalue weighted by Crippen LogP contribution is -2.30. The Hall–Kier alpha value is -3.07. The molecular weight excluding hydrogens is 335 g/mol. The molecule has 0 aliphatic carbocycles. The lowest BCUT2D eigenvalue weighted by molar-refractivity contribution is -0.159. The molecule has 0 unspecified atom stereocenters. The minimum absolute atomic E-state index is 0.197. The molecule has 1 heterocycles. The second kappa shape index (κ2) is 6.44. The van der Waals surface area contributed by atoms with Gasteiger partial charge in [0.1, 0.15) is 0 Å². The summed E-state index contributed by atoms with van der Waals surface area (Å²) in [6.45, 7) is 0.421. The van der Waals surface area contributed by atoms with E-state index in [-0.39, 0.29) is 11.5 Å². The maximum absolute atomic E-state index is 12.5. The Balaban J connectivity index is 1.82. The van der Waals surface area contributed by atoms with Gasteiger partial charge in [-0.15, -0.1) is 0 Å². The fourth-order valence-corrected chi connectivity index (χ4v) is 2.28. The summed E-state index contributed by atoms with van der Waals surface area (Å²) in [6, 6.07) is 14.1. The molecule has 4 N–H and O–H groups in total. The van der Waals surface area contributed by atoms with Crippen molar-refractivity contribution in [2.75, 3.05) is 10.7 Å². The average Bonchev–Trinajstić information content (AvgIpc) is 3.06. The molecule has 25 heavy (non-hydrogen) atoms. The van der Waals surface area contributed by atoms with Crippen LogP contribution in [0.25, 0.3) is 11.4 Å². The molecule has 1 aromatic heterocycles. The van der Waals surface area contributed by atoms with Gasteiger partial charge in [0.15, 0.2) is 0 Å². The van der Waals surface area contributed by atoms with Crippen LogP contribution in [0.2, 0.25) is 0 Å². The average molecular weight is 349 g/mol. The van der Waals surface area contributed by atoms with Gasteiger partial charge in [-0.3, -0.25) is 0 Å². The predicted molar refractivity (Wildman–Crippen MR) is 86.0 cm³/mol. The molecule has 0 amide bonds. The third kappa shape index (κ3) is 3.72. The Labute approximate surface area is 140 Å². The lowest BCUT2D eigenvalue weighted by atomic mass is 10.1. The van der Waals surface area contributed by atoms with E-state index in [1.807, 2.05) is 30.3 Å². The van der Waals surface area contributed by atoms with Crippen LogP contribution in [-0.4, -0.2) is 10.1 Å². The highest BCUT2D eigenvalue weighted by atomic mass is 19.4. The molecule has 0 radical (unpaired) electrons. The first-order chi connectivity index (χ1) is 11.8. The number of benzene rings is 2. The van der Waals surface area contributed by atoms with Crippen molar-refractivity contribution >= 4 is 11.4 Å². The van der Waals surface area contributed by atoms with Crippen LogP contribution in [0.15, 0.2) is 53.1 Å². The number of halogens is 3. The Kier molecular flexibility index (Phi) is 4.32. The van der Waals surface area contributed by atoms with Crippen LogP contribution in [0.1, 0.15) is 11.5 Å². The smallest absolute Gasteiger partial charge is 0.397 e. The van der Waals surface area contributed by atoms with E-state index in [1.165, 1.54) is 17.1 Å². The zero-order valence-electron chi connectivity index (χ0n) is 12.9. The highest BCUT2D eigenvalue weighted by molar-refractivity contribution is 5.73. The normalized spacial score (nSPS) is 11.5. The van der Waals surface area contributed by atoms with E-state index in [2.05, 4.69) is 14.7 Å². The van der Waals surface area contributed by atoms with Gasteiger partial charge in [-0.1, -0.05) is 35.5 Å². The van der Waals surface area contributed by atoms with Gasteiger partial charge in [-0.25, -0.2) is 5.84 Å². The Morgan fingerprint density at radius 1 is 1.08 bits per heavy atom. The van der Waals surface area contributed by atoms with Gasteiger partial charge < -0.3 is 15.3 Å². The van der Waals surface area contributed by atoms with E-state index < -0.39 is 12.1 Å². The van der Waals surface area contributed by atoms with Crippen LogP contribution in [0.4, 0.5) is 24.5 Å². The third-order valence-corrected chi connectivity index (χ3v) is 3.46. The van der Waals surface area contributed by atoms with Crippen molar-refractivity contribution in [3.63, 3.8) is 0 Å². The summed E-state index contributed by atoms with van der Waals surface area (Å²) in [5, 5.41) is 4.78. The van der Waals surface area contributed by atoms with Gasteiger partial charge in [0.05, 0.1) is 17.9 Å². The van der Waals surface area contributed by atoms with Crippen molar-refractivity contribution in [2.24, 2.45) is 5.84 Å². The Morgan fingerprint density at radius 2 is 1.80 bits per heavy atom. The van der Waals surface area contributed by atoms with Gasteiger partial charge in [0.2, 0.25) is 5.82 Å². The molecule has 0 saturated carbocycles. The lowest BCUT2D eigenvalue weighted by Gasteiger charge is -2.20. The molecule has 0 aliphatic heterocycles. The van der Waals surface area contributed by atoms with Crippen LogP contribution >= 0.6 is 0 Å². The molecule has 0 fully saturated rings. The highest BCUT2D eigenvalue weighted by Gasteiger charge is 2.38. The Morgan fingerprint density at radius 3 is 2.40 bits per heavy atom. The summed E-state index contributed by atoms with van der Waals surface area (Å²) in [6.07, 6.45) is -4.69. The number of hydrogen-bond acceptors (Lipinski definition) is 6. The first-order valence-electron chi connectivity index (χ1n) is 7.21. The largest absolute Gasteiger partial charge is 0.471 e. The fraction of sp³-hybridized carbons (Fsp3) is 0.125. The summed E-state index contributed by atoms with van der Waals surface area (Å²) in [7, 11) is 0. The number of nitrogens with two attached hydrogens (primary N) is 2. The van der Waals surface area contributed by atoms with E-state index in [0.29, 0.717) is 17.8 Å². The Bertz CT molecular complexity index is 864. The molecule has 0 spiro atoms. The summed E-state index contributed by atoms with van der Waals surface area (Å²) < 4.78 is 41.8. The molecular formula is C16H14F3N5O. The van der Waals surface area contributed by atoms with Crippen LogP contribution in [0, 0.1) is 0 Å². The van der Waals surface area contributed by atoms with Gasteiger partial charge in [-0.05, 0) is 23.8 Å². The number of alkyl halides is 3. The second-order valence-electron chi connectivity index (χ2n) is 5.31. The SMILES string of the molecule is Nc1cc(-c2noc(C(F)(F)F)n2)ccc1N(N)Cc1ccccc1. The summed E-state index contributed by atoms with van der Waals surface area (Å²) in [4.78, 5) is 3.33. The molecule has 9 heteroatoms. The van der Waals surface area contributed by atoms with Crippen LogP contribution in [0.5, 0.6) is 0 Å². The number of hydrazine groups is 1. The second-order valence-corrected chi connectivity index (χ2v) is 5.31. The van der Waals surface area contributed by atoms with Crippen LogP contribution in [-0.2, 0) is 12.7 Å². The molecule has 2 aromatic carbocycles. The molecule has 6 nitrogen and oxygen atoms in total. The van der Waals surface area contributed by atoms with Crippen LogP contribution < -0.4 is 16.6 Å². The minimum Gasteiger partial charge on any atom is -0.397 e. The molecule has 0 atom stereocenters. The maximum atomic E-state index is 12.5. The summed E-state index contributed by atoms with van der Waals surface area (Å²) in [5.74, 6) is 4.43. The maximum Gasteiger partial charge on any atom is 0.471 e. The standard InChI is InChI=1S/C16H14F3N5O/c17-16(18,19)15-22-14(23-25-15)11-6-7-13(12(20)8-11)24(21)9-10-4-2-1-3-5-10/h1-8H,9,20-21H2. The number of rotatable bonds is 4. The molecule has 3 rings (SSSR count). The number of nitrogen functional groups attached to an aromatic ring is 1. The predicted octanol–water partition coefficient (Wildman–Crippen LogP) is 3.22. The van der Waals surface area contributed by atoms with Gasteiger partial charge in [0, 0.05) is 5.56 Å². The number of anilines is 2. The number of nitrogens with zero attached hydrogens (tertiary/aromatic N) is 3. The highest BCUT2D eigenvalue weighted by Crippen LogP contribution is 2.31. The summed E-state index contributed by atoms with van der Waals surface area (Å²) >= 11 is 0. The van der Waals surface area contributed by atoms with Gasteiger partial charge in [0.25, 0.3) is 0 Å². The van der Waals surface area contributed by atoms with E-state index in [9.17, 15) is 13.2 Å². The monoisotopic (exact) mass is 349 g/mol. The van der Waals surface area contributed by atoms with E-state index >= 15 is 0 Å². The number of aromatic nitrogens is 2. The summed E-state index contributed by atoms with van der Waals surface area (Å²) in [5.41, 5.74) is 8.08. The van der Waals surface area contributed by atoms with Gasteiger partial charge in [-0.2, -0.15) is 18.2 Å². The molecule has 0 aliphatic rings. The van der Waals surface area contributed by atoms with Crippen LogP contribution in [0.3, 0.4) is 0 Å². The molecule has 0 bridgehead atoms. The zero-order chi connectivity index (χ0) is 18.0. The van der Waals surface area contributed by atoms with E-state index in [4.69, 9.17) is 11.6 Å². The minimum atomic E-state index is -4.69. The molecule has 0 saturated heterocycles. The van der Waals surface area contributed by atoms with E-state index in [1.54, 1.807) is 6.07 Å². The van der Waals surface area contributed by atoms with Crippen molar-refractivity contribution in [2.45, 2.75) is 12.7 Å². The number of hydrogen-bond donors (Lipinski definition) is 2. The van der Waals surface area contributed by atoms with Crippen molar-refractivity contribution < 1.29 is 17.7 Å². The van der Waals surface area contributed by atoms with Crippen molar-refractivity contribution in [3.8, 4) is 11.4 Å². The first kappa shape index (κ1) is 16.8. The molecule has 3 aromatic rings. The fourth-order valence-electron chi connectivity index (χ4n) is 2.28. The van der Waals surface area contributed by atoms with Crippen molar-refractivity contribution in [1.29, 1.82) is 0 Å². The van der Waals surface area contributed by atoms with Gasteiger partial charge >= 0.3 is 12.1 Å².